The number of carbonyl (C=O) groups excluding carboxylic acids is 2. The highest BCUT2D eigenvalue weighted by atomic mass is 16.6. The third-order valence-electron chi connectivity index (χ3n) is 5.40. The van der Waals surface area contributed by atoms with Gasteiger partial charge in [0.05, 0.1) is 10.5 Å². The average molecular weight is 421 g/mol. The summed E-state index contributed by atoms with van der Waals surface area (Å²) < 4.78 is 0. The zero-order valence-electron chi connectivity index (χ0n) is 17.9. The maximum atomic E-state index is 13.4. The van der Waals surface area contributed by atoms with E-state index in [9.17, 15) is 19.7 Å². The van der Waals surface area contributed by atoms with Crippen molar-refractivity contribution < 1.29 is 14.5 Å². The largest absolute Gasteiger partial charge is 0.337 e. The minimum atomic E-state index is -0.483. The van der Waals surface area contributed by atoms with Crippen molar-refractivity contribution in [2.24, 2.45) is 0 Å². The summed E-state index contributed by atoms with van der Waals surface area (Å²) in [5, 5.41) is 11.0. The number of hydrogen-bond acceptors (Lipinski definition) is 5. The van der Waals surface area contributed by atoms with E-state index in [0.29, 0.717) is 29.9 Å². The normalized spacial score (nSPS) is 13.8. The molecule has 1 aliphatic rings. The number of amides is 2. The third kappa shape index (κ3) is 4.66. The number of hydrogen-bond donors (Lipinski definition) is 0. The average Bonchev–Trinajstić information content (AvgIpc) is 3.02. The Morgan fingerprint density at radius 1 is 0.903 bits per heavy atom. The molecule has 7 heteroatoms. The van der Waals surface area contributed by atoms with Gasteiger partial charge in [-0.25, -0.2) is 0 Å². The highest BCUT2D eigenvalue weighted by molar-refractivity contribution is 6.36. The van der Waals surface area contributed by atoms with Crippen molar-refractivity contribution in [1.29, 1.82) is 0 Å². The van der Waals surface area contributed by atoms with E-state index in [1.807, 2.05) is 42.2 Å². The van der Waals surface area contributed by atoms with Crippen LogP contribution in [0.15, 0.2) is 60.3 Å². The number of nitro groups is 1. The summed E-state index contributed by atoms with van der Waals surface area (Å²) in [4.78, 5) is 40.5. The standard InChI is InChI=1S/C24H27N3O4/c1-3-5-6-10-17-26-23(28)21(18-13-15-20(16-14-18)27(30)31)22(24(26)29)25(4-2)19-11-8-7-9-12-19/h7-9,11-16H,3-6,10,17H2,1-2H3. The van der Waals surface area contributed by atoms with Crippen LogP contribution < -0.4 is 4.90 Å². The summed E-state index contributed by atoms with van der Waals surface area (Å²) in [5.74, 6) is -0.666. The van der Waals surface area contributed by atoms with E-state index in [1.54, 1.807) is 0 Å². The molecular weight excluding hydrogens is 394 g/mol. The van der Waals surface area contributed by atoms with Crippen LogP contribution in [0.3, 0.4) is 0 Å². The molecule has 0 N–H and O–H groups in total. The Morgan fingerprint density at radius 3 is 2.16 bits per heavy atom. The first-order valence-electron chi connectivity index (χ1n) is 10.7. The molecule has 0 unspecified atom stereocenters. The van der Waals surface area contributed by atoms with Gasteiger partial charge in [-0.2, -0.15) is 0 Å². The topological polar surface area (TPSA) is 83.8 Å². The molecule has 31 heavy (non-hydrogen) atoms. The van der Waals surface area contributed by atoms with Gasteiger partial charge in [0.1, 0.15) is 5.70 Å². The van der Waals surface area contributed by atoms with Crippen molar-refractivity contribution in [3.8, 4) is 0 Å². The van der Waals surface area contributed by atoms with Gasteiger partial charge < -0.3 is 4.90 Å². The van der Waals surface area contributed by atoms with Crippen LogP contribution in [0.2, 0.25) is 0 Å². The van der Waals surface area contributed by atoms with Crippen LogP contribution >= 0.6 is 0 Å². The van der Waals surface area contributed by atoms with Gasteiger partial charge in [-0.1, -0.05) is 44.4 Å². The maximum Gasteiger partial charge on any atom is 0.278 e. The Balaban J connectivity index is 2.05. The number of carbonyl (C=O) groups is 2. The van der Waals surface area contributed by atoms with E-state index in [1.165, 1.54) is 29.2 Å². The Bertz CT molecular complexity index is 984. The Labute approximate surface area is 182 Å². The van der Waals surface area contributed by atoms with Gasteiger partial charge in [-0.15, -0.1) is 0 Å². The molecule has 0 fully saturated rings. The van der Waals surface area contributed by atoms with Crippen LogP contribution in [0, 0.1) is 10.1 Å². The molecule has 0 aromatic heterocycles. The quantitative estimate of drug-likeness (QED) is 0.239. The van der Waals surface area contributed by atoms with Gasteiger partial charge in [0.2, 0.25) is 0 Å². The van der Waals surface area contributed by atoms with Gasteiger partial charge in [0.15, 0.2) is 0 Å². The van der Waals surface area contributed by atoms with E-state index < -0.39 is 4.92 Å². The molecule has 0 saturated heterocycles. The van der Waals surface area contributed by atoms with Crippen LogP contribution in [-0.2, 0) is 9.59 Å². The van der Waals surface area contributed by atoms with E-state index in [2.05, 4.69) is 6.92 Å². The van der Waals surface area contributed by atoms with Gasteiger partial charge in [0.25, 0.3) is 17.5 Å². The summed E-state index contributed by atoms with van der Waals surface area (Å²) in [5.41, 5.74) is 1.87. The van der Waals surface area contributed by atoms with Gasteiger partial charge in [-0.3, -0.25) is 24.6 Å². The second-order valence-corrected chi connectivity index (χ2v) is 7.43. The summed E-state index contributed by atoms with van der Waals surface area (Å²) in [6, 6.07) is 15.3. The summed E-state index contributed by atoms with van der Waals surface area (Å²) in [7, 11) is 0. The van der Waals surface area contributed by atoms with Crippen LogP contribution in [0.4, 0.5) is 11.4 Å². The number of likely N-dealkylation sites (N-methyl/N-ethyl adjacent to an activating group) is 1. The number of non-ortho nitro benzene ring substituents is 1. The van der Waals surface area contributed by atoms with E-state index in [-0.39, 0.29) is 17.5 Å². The molecule has 0 spiro atoms. The van der Waals surface area contributed by atoms with Crippen molar-refractivity contribution >= 4 is 28.8 Å². The summed E-state index contributed by atoms with van der Waals surface area (Å²) in [6.45, 7) is 4.90. The highest BCUT2D eigenvalue weighted by Crippen LogP contribution is 2.35. The number of para-hydroxylation sites is 1. The third-order valence-corrected chi connectivity index (χ3v) is 5.40. The fraction of sp³-hybridized carbons (Fsp3) is 0.333. The van der Waals surface area contributed by atoms with E-state index >= 15 is 0 Å². The van der Waals surface area contributed by atoms with Crippen molar-refractivity contribution in [3.05, 3.63) is 76.0 Å². The lowest BCUT2D eigenvalue weighted by Crippen LogP contribution is -2.36. The molecule has 162 valence electrons. The molecule has 7 nitrogen and oxygen atoms in total. The van der Waals surface area contributed by atoms with Crippen LogP contribution in [0.5, 0.6) is 0 Å². The molecule has 1 aliphatic heterocycles. The van der Waals surface area contributed by atoms with Crippen molar-refractivity contribution in [2.75, 3.05) is 18.0 Å². The van der Waals surface area contributed by atoms with E-state index in [4.69, 9.17) is 0 Å². The molecule has 0 saturated carbocycles. The summed E-state index contributed by atoms with van der Waals surface area (Å²) in [6.07, 6.45) is 3.82. The first-order valence-corrected chi connectivity index (χ1v) is 10.7. The molecule has 0 atom stereocenters. The smallest absolute Gasteiger partial charge is 0.278 e. The number of unbranched alkanes of at least 4 members (excludes halogenated alkanes) is 3. The number of rotatable bonds is 10. The predicted octanol–water partition coefficient (Wildman–Crippen LogP) is 4.78. The molecule has 0 aliphatic carbocycles. The SMILES string of the molecule is CCCCCCN1C(=O)C(c2ccc([N+](=O)[O-])cc2)=C(N(CC)c2ccccc2)C1=O. The van der Waals surface area contributed by atoms with Crippen molar-refractivity contribution in [3.63, 3.8) is 0 Å². The van der Waals surface area contributed by atoms with Gasteiger partial charge in [-0.05, 0) is 43.2 Å². The molecule has 1 heterocycles. The van der Waals surface area contributed by atoms with E-state index in [0.717, 1.165) is 31.4 Å². The second-order valence-electron chi connectivity index (χ2n) is 7.43. The molecule has 3 rings (SSSR count). The fourth-order valence-electron chi connectivity index (χ4n) is 3.80. The van der Waals surface area contributed by atoms with Crippen LogP contribution in [0.25, 0.3) is 5.57 Å². The predicted molar refractivity (Wildman–Crippen MR) is 120 cm³/mol. The Morgan fingerprint density at radius 2 is 1.58 bits per heavy atom. The lowest BCUT2D eigenvalue weighted by Gasteiger charge is -2.25. The first-order chi connectivity index (χ1) is 15.0. The number of anilines is 1. The number of imide groups is 1. The summed E-state index contributed by atoms with van der Waals surface area (Å²) >= 11 is 0. The minimum absolute atomic E-state index is 0.0606. The lowest BCUT2D eigenvalue weighted by molar-refractivity contribution is -0.384. The van der Waals surface area contributed by atoms with Crippen molar-refractivity contribution in [1.82, 2.24) is 4.90 Å². The zero-order valence-corrected chi connectivity index (χ0v) is 17.9. The monoisotopic (exact) mass is 421 g/mol. The van der Waals surface area contributed by atoms with Crippen LogP contribution in [0.1, 0.15) is 45.1 Å². The lowest BCUT2D eigenvalue weighted by atomic mass is 10.0. The first kappa shape index (κ1) is 22.2. The van der Waals surface area contributed by atoms with Gasteiger partial charge in [0, 0.05) is 30.9 Å². The molecule has 2 amide bonds. The van der Waals surface area contributed by atoms with Crippen molar-refractivity contribution in [2.45, 2.75) is 39.5 Å². The molecule has 0 radical (unpaired) electrons. The zero-order chi connectivity index (χ0) is 22.4. The number of nitrogens with zero attached hydrogens (tertiary/aromatic N) is 3. The highest BCUT2D eigenvalue weighted by Gasteiger charge is 2.41. The Hall–Kier alpha value is -3.48. The number of benzene rings is 2. The fourth-order valence-corrected chi connectivity index (χ4v) is 3.80. The number of nitro benzene ring substituents is 1. The molecule has 0 bridgehead atoms. The molecular formula is C24H27N3O4. The van der Waals surface area contributed by atoms with Gasteiger partial charge >= 0.3 is 0 Å². The molecule has 2 aromatic rings. The second kappa shape index (κ2) is 10.0. The molecule has 2 aromatic carbocycles. The maximum absolute atomic E-state index is 13.4. The Kier molecular flexibility index (Phi) is 7.18. The minimum Gasteiger partial charge on any atom is -0.337 e. The van der Waals surface area contributed by atoms with Crippen LogP contribution in [-0.4, -0.2) is 34.7 Å².